The Morgan fingerprint density at radius 3 is 1.97 bits per heavy atom. The second kappa shape index (κ2) is 18.2. The number of benzene rings is 8. The molecule has 1 aliphatic rings. The van der Waals surface area contributed by atoms with Crippen molar-refractivity contribution < 1.29 is 22.9 Å². The van der Waals surface area contributed by atoms with E-state index < -0.39 is 32.0 Å². The van der Waals surface area contributed by atoms with Crippen molar-refractivity contribution in [2.75, 3.05) is 0 Å². The Balaban J connectivity index is 1.02. The normalized spacial score (nSPS) is 18.1. The third kappa shape index (κ3) is 8.20. The van der Waals surface area contributed by atoms with Crippen LogP contribution >= 0.6 is 0 Å². The number of pyridine rings is 2. The molecule has 76 heavy (non-hydrogen) atoms. The molecule has 8 aromatic carbocycles. The highest BCUT2D eigenvalue weighted by Crippen LogP contribution is 2.63. The van der Waals surface area contributed by atoms with E-state index in [1.54, 1.807) is 30.3 Å². The molecule has 1 aliphatic carbocycles. The fourth-order valence-corrected chi connectivity index (χ4v) is 12.1. The summed E-state index contributed by atoms with van der Waals surface area (Å²) in [5.41, 5.74) is 11.1. The van der Waals surface area contributed by atoms with Gasteiger partial charge < -0.3 is 9.15 Å². The maximum absolute atomic E-state index is 9.95. The van der Waals surface area contributed by atoms with Gasteiger partial charge >= 0.3 is 0 Å². The van der Waals surface area contributed by atoms with Crippen LogP contribution in [0, 0.1) is 57.6 Å². The lowest BCUT2D eigenvalue weighted by atomic mass is 9.46. The van der Waals surface area contributed by atoms with Gasteiger partial charge in [0.2, 0.25) is 0 Å². The Kier molecular flexibility index (Phi) is 9.26. The van der Waals surface area contributed by atoms with Gasteiger partial charge in [0.1, 0.15) is 22.7 Å². The molecule has 378 valence electrons. The van der Waals surface area contributed by atoms with Gasteiger partial charge in [0.15, 0.2) is 0 Å². The Morgan fingerprint density at radius 1 is 0.500 bits per heavy atom. The number of rotatable bonds is 8. The fourth-order valence-electron chi connectivity index (χ4n) is 12.1. The standard InChI is InChI=1S/C72H68N2O2/c1-42-32-64(73-40-45(42)4)53-33-61(48-18-14-13-15-19-48)47(6)66(34-53)75-55-35-62-59-29-24-50-23-22-49-20-16-17-21-58(49)67(50)69(59)76-68(62)63(36-55)65-37-60(46(5)41-74-65)57-28-26-52(31-44(57)3)56-27-25-51(30-43(56)2)54-38-70(7,8)72(11,12)71(9,10)39-54/h13-37,40-41,54H,38-39H2,1-12H3/i1D3,4D3,6D3,54D. The molecule has 0 spiro atoms. The maximum Gasteiger partial charge on any atom is 0.145 e. The zero-order valence-electron chi connectivity index (χ0n) is 54.7. The van der Waals surface area contributed by atoms with Crippen molar-refractivity contribution in [2.45, 2.75) is 102 Å². The molecule has 4 nitrogen and oxygen atoms in total. The average Bonchev–Trinajstić information content (AvgIpc) is 1.15. The number of aryl methyl sites for hydroxylation is 5. The highest BCUT2D eigenvalue weighted by Gasteiger charge is 2.53. The van der Waals surface area contributed by atoms with Crippen LogP contribution in [0.2, 0.25) is 0 Å². The molecule has 0 unspecified atom stereocenters. The van der Waals surface area contributed by atoms with E-state index in [1.807, 2.05) is 49.5 Å². The van der Waals surface area contributed by atoms with E-state index in [-0.39, 0.29) is 44.6 Å². The quantitative estimate of drug-likeness (QED) is 0.142. The van der Waals surface area contributed by atoms with Gasteiger partial charge in [0.05, 0.1) is 11.4 Å². The highest BCUT2D eigenvalue weighted by atomic mass is 16.5. The first kappa shape index (κ1) is 38.7. The summed E-state index contributed by atoms with van der Waals surface area (Å²) in [5.74, 6) is -0.491. The minimum Gasteiger partial charge on any atom is -0.457 e. The fraction of sp³-hybridized carbons (Fsp3) is 0.250. The van der Waals surface area contributed by atoms with Gasteiger partial charge in [0, 0.05) is 53.4 Å². The summed E-state index contributed by atoms with van der Waals surface area (Å²) in [6, 6.07) is 48.8. The van der Waals surface area contributed by atoms with Gasteiger partial charge in [-0.15, -0.1) is 0 Å². The largest absolute Gasteiger partial charge is 0.457 e. The topological polar surface area (TPSA) is 48.2 Å². The number of fused-ring (bicyclic) bond motifs is 7. The van der Waals surface area contributed by atoms with Crippen molar-refractivity contribution in [1.29, 1.82) is 0 Å². The van der Waals surface area contributed by atoms with Crippen LogP contribution in [0.15, 0.2) is 168 Å². The van der Waals surface area contributed by atoms with E-state index in [9.17, 15) is 1.37 Å². The summed E-state index contributed by atoms with van der Waals surface area (Å²) in [6.45, 7) is 12.0. The summed E-state index contributed by atoms with van der Waals surface area (Å²) in [7, 11) is 0. The van der Waals surface area contributed by atoms with Gasteiger partial charge in [-0.3, -0.25) is 9.97 Å². The smallest absolute Gasteiger partial charge is 0.145 e. The van der Waals surface area contributed by atoms with Gasteiger partial charge in [-0.1, -0.05) is 151 Å². The number of hydrogen-bond donors (Lipinski definition) is 0. The van der Waals surface area contributed by atoms with Crippen molar-refractivity contribution in [2.24, 2.45) is 16.2 Å². The van der Waals surface area contributed by atoms with Gasteiger partial charge in [-0.2, -0.15) is 0 Å². The lowest BCUT2D eigenvalue weighted by Gasteiger charge is -2.59. The molecule has 0 amide bonds. The minimum absolute atomic E-state index is 0.0390. The third-order valence-corrected chi connectivity index (χ3v) is 17.6. The van der Waals surface area contributed by atoms with Crippen molar-refractivity contribution in [3.8, 4) is 67.4 Å². The predicted octanol–water partition coefficient (Wildman–Crippen LogP) is 20.6. The number of aromatic nitrogens is 2. The molecule has 0 aliphatic heterocycles. The molecular formula is C72H68N2O2. The van der Waals surface area contributed by atoms with Crippen LogP contribution in [0.25, 0.3) is 99.4 Å². The second-order valence-corrected chi connectivity index (χ2v) is 23.1. The Labute approximate surface area is 462 Å². The molecule has 4 heteroatoms. The minimum atomic E-state index is -2.81. The lowest BCUT2D eigenvalue weighted by Crippen LogP contribution is -2.49. The first-order valence-corrected chi connectivity index (χ1v) is 26.3. The Bertz CT molecular complexity index is 4530. The molecule has 0 atom stereocenters. The second-order valence-electron chi connectivity index (χ2n) is 23.1. The first-order chi connectivity index (χ1) is 40.3. The van der Waals surface area contributed by atoms with Crippen LogP contribution < -0.4 is 4.74 Å². The van der Waals surface area contributed by atoms with E-state index in [1.165, 1.54) is 12.1 Å². The first-order valence-electron chi connectivity index (χ1n) is 31.3. The number of nitrogens with zero attached hydrogens (tertiary/aromatic N) is 2. The summed E-state index contributed by atoms with van der Waals surface area (Å²) in [5, 5.41) is 5.50. The van der Waals surface area contributed by atoms with Gasteiger partial charge in [-0.25, -0.2) is 0 Å². The van der Waals surface area contributed by atoms with Gasteiger partial charge in [-0.05, 0) is 207 Å². The molecule has 0 radical (unpaired) electrons. The van der Waals surface area contributed by atoms with Crippen LogP contribution in [0.3, 0.4) is 0 Å². The van der Waals surface area contributed by atoms with E-state index in [0.717, 1.165) is 90.5 Å². The zero-order chi connectivity index (χ0) is 61.4. The van der Waals surface area contributed by atoms with Crippen LogP contribution in [0.5, 0.6) is 11.5 Å². The van der Waals surface area contributed by atoms with Crippen LogP contribution in [0.1, 0.15) is 113 Å². The maximum atomic E-state index is 9.95. The Morgan fingerprint density at radius 2 is 1.21 bits per heavy atom. The monoisotopic (exact) mass is 1000 g/mol. The van der Waals surface area contributed by atoms with E-state index in [4.69, 9.17) is 26.5 Å². The third-order valence-electron chi connectivity index (χ3n) is 17.6. The molecule has 11 aromatic rings. The summed E-state index contributed by atoms with van der Waals surface area (Å²) >= 11 is 0. The van der Waals surface area contributed by atoms with E-state index in [2.05, 4.69) is 133 Å². The molecule has 0 saturated heterocycles. The molecule has 0 bridgehead atoms. The molecular weight excluding hydrogens is 925 g/mol. The van der Waals surface area contributed by atoms with Crippen molar-refractivity contribution in [1.82, 2.24) is 9.97 Å². The molecule has 3 heterocycles. The Hall–Kier alpha value is -7.82. The van der Waals surface area contributed by atoms with Crippen molar-refractivity contribution in [3.05, 3.63) is 203 Å². The summed E-state index contributed by atoms with van der Waals surface area (Å²) < 4.78 is 101. The summed E-state index contributed by atoms with van der Waals surface area (Å²) in [4.78, 5) is 9.60. The molecule has 1 saturated carbocycles. The van der Waals surface area contributed by atoms with Crippen molar-refractivity contribution >= 4 is 43.5 Å². The van der Waals surface area contributed by atoms with Crippen molar-refractivity contribution in [3.63, 3.8) is 0 Å². The van der Waals surface area contributed by atoms with Crippen LogP contribution in [0.4, 0.5) is 0 Å². The molecule has 1 fully saturated rings. The molecule has 3 aromatic heterocycles. The molecule has 12 rings (SSSR count). The summed E-state index contributed by atoms with van der Waals surface area (Å²) in [6.07, 6.45) is 4.48. The average molecular weight is 1000 g/mol. The van der Waals surface area contributed by atoms with E-state index in [0.29, 0.717) is 44.5 Å². The number of ether oxygens (including phenoxy) is 1. The predicted molar refractivity (Wildman–Crippen MR) is 320 cm³/mol. The number of hydrogen-bond acceptors (Lipinski definition) is 4. The SMILES string of the molecule is [2H]C([2H])([2H])c1cnc(-c2cc(Oc3cc(-c4cc(-c5ccc(-c6ccc(C7([2H])CC(C)(C)C(C)(C)C(C)(C)C7)cc6C)cc5C)c(C)cn4)c4oc5c(ccc6ccc7ccccc7c65)c4c3)c(C([2H])([2H])[2H])c(-c3ccccc3)c2)cc1C([2H])([2H])[2H]. The number of furan rings is 1. The molecule has 0 N–H and O–H groups in total. The van der Waals surface area contributed by atoms with Crippen LogP contribution in [-0.2, 0) is 0 Å². The van der Waals surface area contributed by atoms with Crippen LogP contribution in [-0.4, -0.2) is 9.97 Å². The van der Waals surface area contributed by atoms with Gasteiger partial charge in [0.25, 0.3) is 0 Å². The highest BCUT2D eigenvalue weighted by molar-refractivity contribution is 6.24. The lowest BCUT2D eigenvalue weighted by molar-refractivity contribution is -0.0744. The zero-order valence-corrected chi connectivity index (χ0v) is 44.7. The van der Waals surface area contributed by atoms with E-state index >= 15 is 0 Å².